The lowest BCUT2D eigenvalue weighted by Gasteiger charge is -2.24. The van der Waals surface area contributed by atoms with E-state index in [-0.39, 0.29) is 18.0 Å². The van der Waals surface area contributed by atoms with E-state index >= 15 is 0 Å². The lowest BCUT2D eigenvalue weighted by atomic mass is 10.0. The van der Waals surface area contributed by atoms with E-state index in [1.165, 1.54) is 37.3 Å². The third kappa shape index (κ3) is 11.7. The number of ether oxygens (including phenoxy) is 1. The number of nitrogen functional groups attached to an aromatic ring is 1. The first-order valence-electron chi connectivity index (χ1n) is 12.9. The lowest BCUT2D eigenvalue weighted by molar-refractivity contribution is -0.192. The topological polar surface area (TPSA) is 201 Å². The van der Waals surface area contributed by atoms with E-state index in [4.69, 9.17) is 25.8 Å². The minimum atomic E-state index is -5.08. The second-order valence-corrected chi connectivity index (χ2v) is 11.3. The van der Waals surface area contributed by atoms with Crippen LogP contribution >= 0.6 is 0 Å². The number of sulfonamides is 1. The summed E-state index contributed by atoms with van der Waals surface area (Å²) in [4.78, 5) is 32.5. The summed E-state index contributed by atoms with van der Waals surface area (Å²) in [6.07, 6.45) is -9.64. The van der Waals surface area contributed by atoms with Gasteiger partial charge in [0.2, 0.25) is 21.8 Å². The van der Waals surface area contributed by atoms with Gasteiger partial charge in [0.1, 0.15) is 12.3 Å². The third-order valence-corrected chi connectivity index (χ3v) is 7.58. The van der Waals surface area contributed by atoms with Crippen molar-refractivity contribution in [3.05, 3.63) is 59.2 Å². The molecular weight excluding hydrogens is 640 g/mol. The molecule has 1 aliphatic rings. The summed E-state index contributed by atoms with van der Waals surface area (Å²) >= 11 is 0. The van der Waals surface area contributed by atoms with Crippen molar-refractivity contribution in [2.24, 2.45) is 5.73 Å². The van der Waals surface area contributed by atoms with Crippen molar-refractivity contribution >= 4 is 39.3 Å². The van der Waals surface area contributed by atoms with Crippen LogP contribution in [0.15, 0.2) is 47.4 Å². The highest BCUT2D eigenvalue weighted by Crippen LogP contribution is 2.36. The average Bonchev–Trinajstić information content (AvgIpc) is 2.92. The maximum atomic E-state index is 13.8. The quantitative estimate of drug-likeness (QED) is 0.101. The van der Waals surface area contributed by atoms with Crippen LogP contribution in [0.4, 0.5) is 32.0 Å². The van der Waals surface area contributed by atoms with Crippen molar-refractivity contribution in [2.45, 2.75) is 55.5 Å². The van der Waals surface area contributed by atoms with Gasteiger partial charge < -0.3 is 26.2 Å². The van der Waals surface area contributed by atoms with Gasteiger partial charge in [-0.15, -0.1) is 0 Å². The maximum absolute atomic E-state index is 13.8. The van der Waals surface area contributed by atoms with E-state index in [0.29, 0.717) is 36.8 Å². The molecule has 2 aromatic carbocycles. The number of halogens is 6. The maximum Gasteiger partial charge on any atom is 0.490 e. The number of carbonyl (C=O) groups excluding carboxylic acids is 2. The highest BCUT2D eigenvalue weighted by molar-refractivity contribution is 7.89. The fraction of sp³-hybridized carbons (Fsp3) is 0.385. The van der Waals surface area contributed by atoms with Gasteiger partial charge in [-0.25, -0.2) is 17.9 Å². The molecule has 2 unspecified atom stereocenters. The molecule has 0 bridgehead atoms. The van der Waals surface area contributed by atoms with Crippen LogP contribution in [0, 0.1) is 5.41 Å². The Hall–Kier alpha value is -4.23. The summed E-state index contributed by atoms with van der Waals surface area (Å²) in [6, 6.07) is 7.15. The van der Waals surface area contributed by atoms with Crippen molar-refractivity contribution in [1.82, 2.24) is 10.0 Å². The molecule has 1 fully saturated rings. The van der Waals surface area contributed by atoms with Crippen LogP contribution in [0.5, 0.6) is 0 Å². The molecule has 248 valence electrons. The fourth-order valence-electron chi connectivity index (χ4n) is 3.85. The Morgan fingerprint density at radius 3 is 2.16 bits per heavy atom. The Balaban J connectivity index is 0.000000900. The zero-order chi connectivity index (χ0) is 34.2. The summed E-state index contributed by atoms with van der Waals surface area (Å²) in [7, 11) is -4.50. The van der Waals surface area contributed by atoms with Crippen LogP contribution in [0.2, 0.25) is 0 Å². The number of hydrogen-bond acceptors (Lipinski definition) is 7. The Kier molecular flexibility index (Phi) is 12.5. The number of nitrogens with two attached hydrogens (primary N) is 1. The Bertz CT molecular complexity index is 1490. The number of amidine groups is 1. The summed E-state index contributed by atoms with van der Waals surface area (Å²) in [5.41, 5.74) is 4.82. The summed E-state index contributed by atoms with van der Waals surface area (Å²) in [6.45, 7) is 1.94. The second kappa shape index (κ2) is 15.2. The van der Waals surface area contributed by atoms with Crippen molar-refractivity contribution in [1.29, 1.82) is 5.41 Å². The molecule has 1 saturated heterocycles. The standard InChI is InChI=1S/C24H28F3N5O5S.C2HF3O2/c1-14(30-21(33)12-22(34)31-17-7-4-15(5-8-17)23(28)29)16-6-9-20(19(11-16)24(25,26)27)38(35,36)32-18-3-2-10-37-13-18;3-2(4,5)1(6)7/h4-9,11,14,18,32H,2-3,10,12-13H2,1H3,(H3,28,29)(H,30,33)(H,31,34);(H,6,7). The zero-order valence-corrected chi connectivity index (χ0v) is 24.2. The van der Waals surface area contributed by atoms with Gasteiger partial charge in [-0.05, 0) is 61.7 Å². The minimum absolute atomic E-state index is 0.00542. The number of alkyl halides is 6. The van der Waals surface area contributed by atoms with Crippen LogP contribution in [0.3, 0.4) is 0 Å². The summed E-state index contributed by atoms with van der Waals surface area (Å²) in [5.74, 6) is -4.32. The molecule has 0 saturated carbocycles. The number of carboxylic acid groups (broad SMARTS) is 1. The number of benzene rings is 2. The van der Waals surface area contributed by atoms with Gasteiger partial charge in [0, 0.05) is 23.9 Å². The average molecular weight is 670 g/mol. The van der Waals surface area contributed by atoms with E-state index < -0.39 is 69.1 Å². The molecule has 45 heavy (non-hydrogen) atoms. The minimum Gasteiger partial charge on any atom is -0.475 e. The Labute approximate surface area is 252 Å². The van der Waals surface area contributed by atoms with E-state index in [1.807, 2.05) is 0 Å². The number of rotatable bonds is 9. The van der Waals surface area contributed by atoms with Crippen LogP contribution in [-0.4, -0.2) is 62.6 Å². The number of amides is 2. The molecule has 2 aromatic rings. The molecule has 19 heteroatoms. The van der Waals surface area contributed by atoms with E-state index in [1.54, 1.807) is 0 Å². The number of carboxylic acids is 1. The molecule has 2 atom stereocenters. The highest BCUT2D eigenvalue weighted by atomic mass is 32.2. The van der Waals surface area contributed by atoms with Crippen molar-refractivity contribution in [3.63, 3.8) is 0 Å². The highest BCUT2D eigenvalue weighted by Gasteiger charge is 2.39. The largest absolute Gasteiger partial charge is 0.490 e. The predicted octanol–water partition coefficient (Wildman–Crippen LogP) is 3.29. The molecule has 0 aliphatic carbocycles. The molecule has 0 aromatic heterocycles. The molecule has 2 amide bonds. The molecule has 7 N–H and O–H groups in total. The van der Waals surface area contributed by atoms with Crippen LogP contribution < -0.4 is 21.1 Å². The number of anilines is 1. The number of aliphatic carboxylic acids is 1. The number of hydrogen-bond donors (Lipinski definition) is 6. The normalized spacial score (nSPS) is 16.0. The second-order valence-electron chi connectivity index (χ2n) is 9.60. The predicted molar refractivity (Wildman–Crippen MR) is 147 cm³/mol. The van der Waals surface area contributed by atoms with Crippen molar-refractivity contribution < 1.29 is 59.0 Å². The fourth-order valence-corrected chi connectivity index (χ4v) is 5.31. The van der Waals surface area contributed by atoms with Crippen molar-refractivity contribution in [2.75, 3.05) is 18.5 Å². The van der Waals surface area contributed by atoms with Gasteiger partial charge in [-0.1, -0.05) is 6.07 Å². The summed E-state index contributed by atoms with van der Waals surface area (Å²) in [5, 5.41) is 19.4. The Morgan fingerprint density at radius 2 is 1.67 bits per heavy atom. The van der Waals surface area contributed by atoms with E-state index in [9.17, 15) is 44.3 Å². The first-order valence-corrected chi connectivity index (χ1v) is 14.3. The monoisotopic (exact) mass is 669 g/mol. The molecule has 3 rings (SSSR count). The first-order chi connectivity index (χ1) is 20.7. The first kappa shape index (κ1) is 37.0. The molecule has 0 spiro atoms. The van der Waals surface area contributed by atoms with Gasteiger partial charge in [-0.2, -0.15) is 26.3 Å². The van der Waals surface area contributed by atoms with Gasteiger partial charge in [-0.3, -0.25) is 15.0 Å². The molecule has 12 nitrogen and oxygen atoms in total. The van der Waals surface area contributed by atoms with E-state index in [2.05, 4.69) is 15.4 Å². The molecular formula is C26H29F6N5O7S. The number of carbonyl (C=O) groups is 3. The summed E-state index contributed by atoms with van der Waals surface area (Å²) < 4.78 is 106. The third-order valence-electron chi connectivity index (χ3n) is 6.00. The smallest absolute Gasteiger partial charge is 0.475 e. The van der Waals surface area contributed by atoms with E-state index in [0.717, 1.165) is 6.07 Å². The van der Waals surface area contributed by atoms with Gasteiger partial charge >= 0.3 is 18.3 Å². The van der Waals surface area contributed by atoms with Crippen LogP contribution in [0.25, 0.3) is 0 Å². The molecule has 0 radical (unpaired) electrons. The van der Waals surface area contributed by atoms with Gasteiger partial charge in [0.15, 0.2) is 0 Å². The molecule has 1 heterocycles. The van der Waals surface area contributed by atoms with Gasteiger partial charge in [0.05, 0.1) is 23.1 Å². The van der Waals surface area contributed by atoms with Gasteiger partial charge in [0.25, 0.3) is 0 Å². The molecule has 1 aliphatic heterocycles. The van der Waals surface area contributed by atoms with Crippen molar-refractivity contribution in [3.8, 4) is 0 Å². The van der Waals surface area contributed by atoms with Crippen LogP contribution in [0.1, 0.15) is 48.9 Å². The zero-order valence-electron chi connectivity index (χ0n) is 23.4. The number of nitrogens with one attached hydrogen (secondary N) is 4. The SMILES string of the molecule is CC(NC(=O)CC(=O)Nc1ccc(C(=N)N)cc1)c1ccc(S(=O)(=O)NC2CCCOC2)c(C(F)(F)F)c1.O=C(O)C(F)(F)F. The van der Waals surface area contributed by atoms with Crippen LogP contribution in [-0.2, 0) is 35.3 Å². The lowest BCUT2D eigenvalue weighted by Crippen LogP contribution is -2.41. The Morgan fingerprint density at radius 1 is 1.07 bits per heavy atom.